The number of nitrogens with zero attached hydrogens (tertiary/aromatic N) is 3. The molecule has 0 unspecified atom stereocenters. The van der Waals surface area contributed by atoms with Crippen LogP contribution in [0.25, 0.3) is 44.5 Å². The van der Waals surface area contributed by atoms with Crippen LogP contribution in [0.15, 0.2) is 71.9 Å². The molecule has 0 saturated carbocycles. The number of anilines is 1. The number of benzene rings is 3. The third-order valence-corrected chi connectivity index (χ3v) is 5.38. The van der Waals surface area contributed by atoms with Crippen LogP contribution >= 0.6 is 0 Å². The molecule has 0 bridgehead atoms. The molecule has 7 N–H and O–H groups in total. The highest BCUT2D eigenvalue weighted by Gasteiger charge is 2.12. The SMILES string of the molecule is CN(C)c1ccc(-c2ccc3[nH]cc(-c4nc5ccc(N=C(N)N)cc5[nH]4)c3c2)cc1.[B]C=N. The Bertz CT molecular complexity index is 1470. The first kappa shape index (κ1) is 22.7. The summed E-state index contributed by atoms with van der Waals surface area (Å²) in [5.41, 5.74) is 19.0. The van der Waals surface area contributed by atoms with E-state index in [1.54, 1.807) is 0 Å². The Morgan fingerprint density at radius 1 is 1.00 bits per heavy atom. The third-order valence-electron chi connectivity index (χ3n) is 5.38. The number of hydrogen-bond acceptors (Lipinski definition) is 4. The van der Waals surface area contributed by atoms with Gasteiger partial charge in [-0.15, -0.1) is 0 Å². The van der Waals surface area contributed by atoms with Gasteiger partial charge in [-0.1, -0.05) is 24.3 Å². The number of nitrogens with two attached hydrogens (primary N) is 2. The minimum absolute atomic E-state index is 0.0295. The zero-order valence-corrected chi connectivity index (χ0v) is 19.0. The van der Waals surface area contributed by atoms with E-state index in [1.165, 1.54) is 11.3 Å². The fourth-order valence-corrected chi connectivity index (χ4v) is 3.79. The molecule has 0 aliphatic carbocycles. The lowest BCUT2D eigenvalue weighted by molar-refractivity contribution is 1.13. The van der Waals surface area contributed by atoms with Gasteiger partial charge in [-0.25, -0.2) is 9.98 Å². The van der Waals surface area contributed by atoms with Gasteiger partial charge in [0.05, 0.1) is 16.7 Å². The van der Waals surface area contributed by atoms with E-state index in [0.717, 1.165) is 45.0 Å². The van der Waals surface area contributed by atoms with Gasteiger partial charge in [0.1, 0.15) is 13.7 Å². The van der Waals surface area contributed by atoms with Crippen molar-refractivity contribution in [2.24, 2.45) is 16.5 Å². The standard InChI is InChI=1S/C24H23N7.CH2BN/c1-31(2)17-7-3-14(4-8-17)15-5-9-20-18(11-15)19(13-27-20)23-29-21-10-6-16(28-24(25)26)12-22(21)30-23;2-1-3/h3-13,27H,1-2H3,(H,29,30)(H4,25,26,28);1,3H. The van der Waals surface area contributed by atoms with Gasteiger partial charge in [0.2, 0.25) is 0 Å². The second-order valence-corrected chi connectivity index (χ2v) is 7.89. The summed E-state index contributed by atoms with van der Waals surface area (Å²) in [5, 5.41) is 6.97. The van der Waals surface area contributed by atoms with Gasteiger partial charge >= 0.3 is 0 Å². The average molecular weight is 448 g/mol. The predicted octanol–water partition coefficient (Wildman–Crippen LogP) is 4.11. The maximum absolute atomic E-state index is 5.86. The summed E-state index contributed by atoms with van der Waals surface area (Å²) in [5.74, 6) is 0.824. The van der Waals surface area contributed by atoms with E-state index in [9.17, 15) is 0 Å². The normalized spacial score (nSPS) is 10.5. The summed E-state index contributed by atoms with van der Waals surface area (Å²) in [4.78, 5) is 17.7. The molecule has 3 aromatic carbocycles. The minimum atomic E-state index is 0.0295. The van der Waals surface area contributed by atoms with Gasteiger partial charge in [0, 0.05) is 42.4 Å². The largest absolute Gasteiger partial charge is 0.378 e. The molecule has 5 rings (SSSR count). The Kier molecular flexibility index (Phi) is 6.36. The molecule has 5 aromatic rings. The highest BCUT2D eigenvalue weighted by molar-refractivity contribution is 6.48. The van der Waals surface area contributed by atoms with E-state index in [1.807, 2.05) is 38.5 Å². The number of imidazole rings is 1. The van der Waals surface area contributed by atoms with Crippen molar-refractivity contribution in [3.05, 3.63) is 66.9 Å². The van der Waals surface area contributed by atoms with Gasteiger partial charge in [0.15, 0.2) is 5.96 Å². The monoisotopic (exact) mass is 448 g/mol. The van der Waals surface area contributed by atoms with Gasteiger partial charge in [0.25, 0.3) is 0 Å². The molecule has 2 aromatic heterocycles. The van der Waals surface area contributed by atoms with Crippen molar-refractivity contribution in [3.63, 3.8) is 0 Å². The summed E-state index contributed by atoms with van der Waals surface area (Å²) in [7, 11) is 8.47. The van der Waals surface area contributed by atoms with Crippen LogP contribution in [0.3, 0.4) is 0 Å². The second kappa shape index (κ2) is 9.54. The molecule has 168 valence electrons. The van der Waals surface area contributed by atoms with Crippen molar-refractivity contribution in [1.29, 1.82) is 5.41 Å². The Morgan fingerprint density at radius 2 is 1.71 bits per heavy atom. The summed E-state index contributed by atoms with van der Waals surface area (Å²) >= 11 is 0. The van der Waals surface area contributed by atoms with Crippen LogP contribution < -0.4 is 16.4 Å². The van der Waals surface area contributed by atoms with E-state index < -0.39 is 0 Å². The van der Waals surface area contributed by atoms with Crippen molar-refractivity contribution >= 4 is 53.2 Å². The van der Waals surface area contributed by atoms with Gasteiger partial charge in [-0.05, 0) is 53.6 Å². The molecule has 0 saturated heterocycles. The Morgan fingerprint density at radius 3 is 2.38 bits per heavy atom. The van der Waals surface area contributed by atoms with Crippen LogP contribution in [-0.4, -0.2) is 49.0 Å². The van der Waals surface area contributed by atoms with Crippen molar-refractivity contribution in [2.45, 2.75) is 0 Å². The number of H-pyrrole nitrogens is 2. The van der Waals surface area contributed by atoms with E-state index >= 15 is 0 Å². The Labute approximate surface area is 198 Å². The van der Waals surface area contributed by atoms with Gasteiger partial charge in [-0.2, -0.15) is 0 Å². The van der Waals surface area contributed by atoms with Crippen LogP contribution in [0.5, 0.6) is 0 Å². The first-order valence-corrected chi connectivity index (χ1v) is 10.6. The molecule has 0 atom stereocenters. The zero-order valence-electron chi connectivity index (χ0n) is 19.0. The first-order chi connectivity index (χ1) is 16.4. The number of fused-ring (bicyclic) bond motifs is 2. The zero-order chi connectivity index (χ0) is 24.2. The smallest absolute Gasteiger partial charge is 0.191 e. The van der Waals surface area contributed by atoms with Crippen molar-refractivity contribution < 1.29 is 0 Å². The summed E-state index contributed by atoms with van der Waals surface area (Å²) in [6.45, 7) is 0. The summed E-state index contributed by atoms with van der Waals surface area (Å²) in [6.07, 6.45) is 2.73. The van der Waals surface area contributed by atoms with Crippen LogP contribution in [0.2, 0.25) is 0 Å². The number of aromatic amines is 2. The highest BCUT2D eigenvalue weighted by Crippen LogP contribution is 2.33. The number of aromatic nitrogens is 3. The maximum Gasteiger partial charge on any atom is 0.191 e. The van der Waals surface area contributed by atoms with Crippen LogP contribution in [0.1, 0.15) is 0 Å². The van der Waals surface area contributed by atoms with E-state index in [-0.39, 0.29) is 5.96 Å². The molecule has 0 amide bonds. The molecule has 8 nitrogen and oxygen atoms in total. The molecule has 9 heteroatoms. The number of rotatable bonds is 4. The molecule has 0 spiro atoms. The molecule has 0 aliphatic rings. The maximum atomic E-state index is 5.86. The molecular weight excluding hydrogens is 423 g/mol. The number of guanidine groups is 1. The number of nitrogens with one attached hydrogen (secondary N) is 3. The first-order valence-electron chi connectivity index (χ1n) is 10.6. The lowest BCUT2D eigenvalue weighted by Crippen LogP contribution is -2.21. The van der Waals surface area contributed by atoms with Crippen LogP contribution in [-0.2, 0) is 0 Å². The quantitative estimate of drug-likeness (QED) is 0.161. The molecular formula is C25H25BN8. The fourth-order valence-electron chi connectivity index (χ4n) is 3.79. The molecule has 34 heavy (non-hydrogen) atoms. The Hall–Kier alpha value is -4.53. The van der Waals surface area contributed by atoms with E-state index in [4.69, 9.17) is 21.9 Å². The average Bonchev–Trinajstić information content (AvgIpc) is 3.42. The van der Waals surface area contributed by atoms with Gasteiger partial charge < -0.3 is 31.7 Å². The Balaban J connectivity index is 0.000000868. The topological polar surface area (TPSA) is 136 Å². The van der Waals surface area contributed by atoms with Crippen molar-refractivity contribution in [2.75, 3.05) is 19.0 Å². The molecule has 2 radical (unpaired) electrons. The minimum Gasteiger partial charge on any atom is -0.378 e. The van der Waals surface area contributed by atoms with E-state index in [2.05, 4.69) is 70.2 Å². The second-order valence-electron chi connectivity index (χ2n) is 7.89. The number of hydrogen-bond donors (Lipinski definition) is 5. The highest BCUT2D eigenvalue weighted by atomic mass is 15.1. The van der Waals surface area contributed by atoms with Crippen LogP contribution in [0, 0.1) is 5.41 Å². The lowest BCUT2D eigenvalue weighted by atomic mass is 10.0. The summed E-state index contributed by atoms with van der Waals surface area (Å²) < 4.78 is 0. The molecule has 2 heterocycles. The number of aliphatic imine (C=N–C) groups is 1. The molecule has 0 fully saturated rings. The van der Waals surface area contributed by atoms with Crippen LogP contribution in [0.4, 0.5) is 11.4 Å². The van der Waals surface area contributed by atoms with E-state index in [0.29, 0.717) is 5.69 Å². The van der Waals surface area contributed by atoms with Gasteiger partial charge in [-0.3, -0.25) is 0 Å². The van der Waals surface area contributed by atoms with Crippen molar-refractivity contribution in [3.8, 4) is 22.5 Å². The predicted molar refractivity (Wildman–Crippen MR) is 143 cm³/mol. The fraction of sp³-hybridized carbons (Fsp3) is 0.0800. The lowest BCUT2D eigenvalue weighted by Gasteiger charge is -2.12. The van der Waals surface area contributed by atoms with Crippen molar-refractivity contribution in [1.82, 2.24) is 15.0 Å². The summed E-state index contributed by atoms with van der Waals surface area (Å²) in [6, 6.07) is 20.6. The third kappa shape index (κ3) is 4.63. The molecule has 0 aliphatic heterocycles.